The number of primary amides is 1. The summed E-state index contributed by atoms with van der Waals surface area (Å²) in [6, 6.07) is -3.74. The fourth-order valence-electron chi connectivity index (χ4n) is 7.82. The molecule has 0 aliphatic heterocycles. The standard InChI is InChI=1S/C50H75N15O14S/c1-25(2)15-34(47(75)62-33(50(78)79)13-14-80-6)63-48(76)36(17-29-20-53-24-57-29)60-41(70)22-56-49(77)42(26(3)4)65-43(71)27(5)58-46(74)35(16-28-19-54-31-10-8-7-9-30(28)31)64-45(73)32(11-12-38(52)67)59-40(69)21-55-44(72)37(23-66)61-39(68)18-51/h7-10,19-20,24-27,32-37,42,54,66H,11-18,21-23,51H2,1-6H3,(H2,52,67)(H,53,57)(H,55,72)(H,56,77)(H,58,74)(H,59,69)(H,60,70)(H,61,68)(H,62,75)(H,63,76)(H,64,73)(H,65,71)(H,78,79)/t27-,32-,33-,34-,35-,36-,37-,42-/m0/s1. The van der Waals surface area contributed by atoms with E-state index in [1.54, 1.807) is 64.4 Å². The number of H-pyrrole nitrogens is 2. The molecule has 1 aromatic carbocycles. The Morgan fingerprint density at radius 3 is 1.80 bits per heavy atom. The summed E-state index contributed by atoms with van der Waals surface area (Å²) in [6.45, 7) is 5.37. The Balaban J connectivity index is 1.76. The molecule has 0 spiro atoms. The van der Waals surface area contributed by atoms with Crippen molar-refractivity contribution < 1.29 is 67.7 Å². The molecule has 11 amide bonds. The second-order valence-electron chi connectivity index (χ2n) is 19.4. The number of hydrogen-bond donors (Lipinski definition) is 16. The summed E-state index contributed by atoms with van der Waals surface area (Å²) >= 11 is 1.40. The van der Waals surface area contributed by atoms with Crippen LogP contribution < -0.4 is 64.6 Å². The minimum absolute atomic E-state index is 0.126. The number of para-hydroxylation sites is 1. The number of nitrogens with zero attached hydrogens (tertiary/aromatic N) is 1. The molecule has 3 rings (SSSR count). The van der Waals surface area contributed by atoms with Crippen LogP contribution in [-0.4, -0.2) is 183 Å². The van der Waals surface area contributed by atoms with E-state index in [2.05, 4.69) is 68.1 Å². The molecule has 18 N–H and O–H groups in total. The summed E-state index contributed by atoms with van der Waals surface area (Å²) in [7, 11) is 0. The third kappa shape index (κ3) is 22.3. The molecule has 0 saturated heterocycles. The van der Waals surface area contributed by atoms with E-state index in [4.69, 9.17) is 11.5 Å². The van der Waals surface area contributed by atoms with Crippen LogP contribution in [0, 0.1) is 11.8 Å². The Morgan fingerprint density at radius 2 is 1.21 bits per heavy atom. The van der Waals surface area contributed by atoms with Crippen LogP contribution in [-0.2, 0) is 70.4 Å². The molecule has 30 heteroatoms. The normalized spacial score (nSPS) is 14.1. The maximum atomic E-state index is 14.2. The largest absolute Gasteiger partial charge is 0.480 e. The van der Waals surface area contributed by atoms with E-state index in [9.17, 15) is 67.7 Å². The maximum absolute atomic E-state index is 14.2. The van der Waals surface area contributed by atoms with Gasteiger partial charge in [0.15, 0.2) is 0 Å². The van der Waals surface area contributed by atoms with Crippen LogP contribution in [0.2, 0.25) is 0 Å². The van der Waals surface area contributed by atoms with Crippen molar-refractivity contribution in [2.24, 2.45) is 23.3 Å². The first-order valence-electron chi connectivity index (χ1n) is 25.7. The molecule has 0 bridgehead atoms. The number of carbonyl (C=O) groups is 12. The molecule has 29 nitrogen and oxygen atoms in total. The zero-order chi connectivity index (χ0) is 59.6. The number of nitrogens with one attached hydrogen (secondary N) is 12. The number of fused-ring (bicyclic) bond motifs is 1. The summed E-state index contributed by atoms with van der Waals surface area (Å²) in [5, 5.41) is 44.5. The van der Waals surface area contributed by atoms with Crippen LogP contribution >= 0.6 is 11.8 Å². The zero-order valence-corrected chi connectivity index (χ0v) is 46.2. The highest BCUT2D eigenvalue weighted by Crippen LogP contribution is 2.20. The number of rotatable bonds is 35. The number of hydrogen-bond acceptors (Lipinski definition) is 16. The zero-order valence-electron chi connectivity index (χ0n) is 45.4. The summed E-state index contributed by atoms with van der Waals surface area (Å²) in [6.07, 6.45) is 5.36. The van der Waals surface area contributed by atoms with Crippen molar-refractivity contribution in [1.82, 2.24) is 68.1 Å². The number of aromatic nitrogens is 3. The summed E-state index contributed by atoms with van der Waals surface area (Å²) in [4.78, 5) is 167. The lowest BCUT2D eigenvalue weighted by Gasteiger charge is -2.26. The number of carboxylic acids is 1. The fraction of sp³-hybridized carbons (Fsp3) is 0.540. The van der Waals surface area contributed by atoms with Gasteiger partial charge in [-0.2, -0.15) is 11.8 Å². The topological polar surface area (TPSA) is 462 Å². The first-order valence-corrected chi connectivity index (χ1v) is 27.1. The average Bonchev–Trinajstić information content (AvgIpc) is 4.09. The predicted molar refractivity (Wildman–Crippen MR) is 291 cm³/mol. The number of aliphatic hydroxyl groups is 1. The highest BCUT2D eigenvalue weighted by Gasteiger charge is 2.34. The molecule has 0 unspecified atom stereocenters. The number of imidazole rings is 1. The first kappa shape index (κ1) is 66.2. The molecule has 0 saturated carbocycles. The number of nitrogens with two attached hydrogens (primary N) is 2. The summed E-state index contributed by atoms with van der Waals surface area (Å²) in [5.41, 5.74) is 12.3. The van der Waals surface area contributed by atoms with E-state index < -0.39 is 158 Å². The average molecular weight is 1140 g/mol. The van der Waals surface area contributed by atoms with E-state index in [1.807, 2.05) is 0 Å². The molecule has 2 heterocycles. The number of amides is 11. The number of aromatic amines is 2. The Morgan fingerprint density at radius 1 is 0.637 bits per heavy atom. The number of aliphatic carboxylic acids is 1. The van der Waals surface area contributed by atoms with E-state index in [1.165, 1.54) is 31.2 Å². The molecular weight excluding hydrogens is 1070 g/mol. The van der Waals surface area contributed by atoms with E-state index in [0.29, 0.717) is 27.9 Å². The van der Waals surface area contributed by atoms with Gasteiger partial charge in [0, 0.05) is 48.3 Å². The Kier molecular flexibility index (Phi) is 27.6. The number of benzene rings is 1. The van der Waals surface area contributed by atoms with Gasteiger partial charge in [-0.1, -0.05) is 45.9 Å². The van der Waals surface area contributed by atoms with Crippen LogP contribution in [0.15, 0.2) is 43.0 Å². The Hall–Kier alpha value is -8.12. The maximum Gasteiger partial charge on any atom is 0.326 e. The van der Waals surface area contributed by atoms with Crippen LogP contribution in [0.5, 0.6) is 0 Å². The monoisotopic (exact) mass is 1140 g/mol. The lowest BCUT2D eigenvalue weighted by atomic mass is 10.0. The fourth-order valence-corrected chi connectivity index (χ4v) is 8.29. The molecule has 0 aliphatic carbocycles. The van der Waals surface area contributed by atoms with Gasteiger partial charge in [0.05, 0.1) is 32.6 Å². The second kappa shape index (κ2) is 33.3. The highest BCUT2D eigenvalue weighted by molar-refractivity contribution is 7.98. The quantitative estimate of drug-likeness (QED) is 0.0264. The van der Waals surface area contributed by atoms with E-state index in [-0.39, 0.29) is 38.0 Å². The van der Waals surface area contributed by atoms with Crippen LogP contribution in [0.4, 0.5) is 0 Å². The van der Waals surface area contributed by atoms with Gasteiger partial charge in [0.2, 0.25) is 65.0 Å². The molecule has 80 heavy (non-hydrogen) atoms. The Labute approximate surface area is 465 Å². The predicted octanol–water partition coefficient (Wildman–Crippen LogP) is -4.44. The van der Waals surface area contributed by atoms with Gasteiger partial charge >= 0.3 is 5.97 Å². The van der Waals surface area contributed by atoms with Gasteiger partial charge in [-0.25, -0.2) is 9.78 Å². The van der Waals surface area contributed by atoms with Crippen LogP contribution in [0.1, 0.15) is 71.6 Å². The SMILES string of the molecule is CSCC[C@H](NC(=O)[C@H](CC(C)C)NC(=O)[C@H](Cc1cnc[nH]1)NC(=O)CNC(=O)[C@@H](NC(=O)[C@H](C)NC(=O)[C@H](Cc1c[nH]c2ccccc12)NC(=O)[C@H](CCC(N)=O)NC(=O)CNC(=O)[C@H](CO)NC(=O)CN)C(C)C)C(=O)O. The lowest BCUT2D eigenvalue weighted by Crippen LogP contribution is -2.59. The number of carbonyl (C=O) groups excluding carboxylic acids is 11. The molecule has 440 valence electrons. The van der Waals surface area contributed by atoms with Crippen molar-refractivity contribution in [3.63, 3.8) is 0 Å². The lowest BCUT2D eigenvalue weighted by molar-refractivity contribution is -0.142. The first-order chi connectivity index (χ1) is 37.9. The van der Waals surface area contributed by atoms with E-state index in [0.717, 1.165) is 0 Å². The smallest absolute Gasteiger partial charge is 0.326 e. The minimum atomic E-state index is -1.52. The minimum Gasteiger partial charge on any atom is -0.480 e. The van der Waals surface area contributed by atoms with Crippen molar-refractivity contribution >= 4 is 93.6 Å². The molecule has 0 fully saturated rings. The van der Waals surface area contributed by atoms with Crippen molar-refractivity contribution in [2.75, 3.05) is 38.2 Å². The third-order valence-corrected chi connectivity index (χ3v) is 12.8. The second-order valence-corrected chi connectivity index (χ2v) is 20.4. The third-order valence-electron chi connectivity index (χ3n) is 12.1. The molecule has 0 aliphatic rings. The van der Waals surface area contributed by atoms with Gasteiger partial charge in [-0.05, 0) is 61.7 Å². The number of aliphatic hydroxyl groups excluding tert-OH is 1. The summed E-state index contributed by atoms with van der Waals surface area (Å²) in [5.74, 6) is -10.9. The van der Waals surface area contributed by atoms with Gasteiger partial charge in [-0.15, -0.1) is 0 Å². The highest BCUT2D eigenvalue weighted by atomic mass is 32.2. The molecular formula is C50H75N15O14S. The van der Waals surface area contributed by atoms with Gasteiger partial charge in [0.1, 0.15) is 48.3 Å². The van der Waals surface area contributed by atoms with Crippen LogP contribution in [0.3, 0.4) is 0 Å². The number of carboxylic acid groups (broad SMARTS) is 1. The Bertz CT molecular complexity index is 2630. The van der Waals surface area contributed by atoms with Crippen LogP contribution in [0.25, 0.3) is 10.9 Å². The van der Waals surface area contributed by atoms with Crippen molar-refractivity contribution in [3.05, 3.63) is 54.2 Å². The molecule has 0 radical (unpaired) electrons. The van der Waals surface area contributed by atoms with Crippen molar-refractivity contribution in [2.45, 2.75) is 121 Å². The van der Waals surface area contributed by atoms with Gasteiger partial charge in [-0.3, -0.25) is 52.7 Å². The van der Waals surface area contributed by atoms with Gasteiger partial charge in [0.25, 0.3) is 0 Å². The summed E-state index contributed by atoms with van der Waals surface area (Å²) < 4.78 is 0. The van der Waals surface area contributed by atoms with Crippen molar-refractivity contribution in [3.8, 4) is 0 Å². The molecule has 2 aromatic heterocycles. The van der Waals surface area contributed by atoms with Gasteiger partial charge < -0.3 is 84.8 Å². The van der Waals surface area contributed by atoms with Crippen molar-refractivity contribution in [1.29, 1.82) is 0 Å². The molecule has 3 aromatic rings. The number of thioether (sulfide) groups is 1. The van der Waals surface area contributed by atoms with E-state index >= 15 is 0 Å². The molecule has 8 atom stereocenters.